The molecule has 1 saturated heterocycles. The Morgan fingerprint density at radius 1 is 0.946 bits per heavy atom. The average molecular weight is 775 g/mol. The molecule has 56 heavy (non-hydrogen) atoms. The van der Waals surface area contributed by atoms with Gasteiger partial charge in [0, 0.05) is 50.3 Å². The van der Waals surface area contributed by atoms with Gasteiger partial charge in [0.1, 0.15) is 23.9 Å². The van der Waals surface area contributed by atoms with E-state index in [1.807, 2.05) is 26.8 Å². The van der Waals surface area contributed by atoms with Crippen LogP contribution in [0.4, 0.5) is 0 Å². The van der Waals surface area contributed by atoms with Crippen LogP contribution in [0.25, 0.3) is 0 Å². The number of hydrogen-bond acceptors (Lipinski definition) is 9. The number of likely N-dealkylation sites (tertiary alicyclic amines) is 1. The second-order valence-corrected chi connectivity index (χ2v) is 15.1. The summed E-state index contributed by atoms with van der Waals surface area (Å²) in [5.74, 6) is -3.18. The number of phenolic OH excluding ortho intramolecular Hbond substituents is 1. The number of carbonyl (C=O) groups excluding carboxylic acids is 4. The molecule has 2 heterocycles. The van der Waals surface area contributed by atoms with Crippen LogP contribution in [0, 0.1) is 5.92 Å². The fourth-order valence-electron chi connectivity index (χ4n) is 7.15. The Morgan fingerprint density at radius 2 is 1.64 bits per heavy atom. The molecule has 3 aromatic rings. The Balaban J connectivity index is 1.65. The van der Waals surface area contributed by atoms with Crippen LogP contribution < -0.4 is 22.1 Å². The third-order valence-electron chi connectivity index (χ3n) is 10.1. The van der Waals surface area contributed by atoms with E-state index in [-0.39, 0.29) is 44.0 Å². The van der Waals surface area contributed by atoms with Crippen LogP contribution in [-0.2, 0) is 43.2 Å². The predicted octanol–water partition coefficient (Wildman–Crippen LogP) is 2.28. The van der Waals surface area contributed by atoms with Gasteiger partial charge in [0.05, 0.1) is 18.4 Å². The molecule has 15 heteroatoms. The standard InChI is InChI=1S/C41H58N8O7/c1-4-5-12-32(42)37(51)47-34(20-28-14-16-31(50)17-15-28)38(52)46-30(19-26(2)3)24-49(36(41(55)56)21-27-10-7-6-8-11-27)40(54)35-13-9-18-48(35)39(53)33(43)22-29-23-44-25-45-29/h6-8,10-11,14-17,23,25-26,30,32-36,50H,4-5,9,12-13,18-22,24,42-43H2,1-3H3,(H,44,45)(H,46,52)(H,47,51)(H,55,56)/t30-,32-,33-,34-,35-,36-/m0/s1. The minimum absolute atomic E-state index is 0.00676. The Bertz CT molecular complexity index is 1720. The number of nitrogens with two attached hydrogens (primary N) is 2. The SMILES string of the molecule is CCCC[C@H](N)C(=O)N[C@@H](Cc1ccc(O)cc1)C(=O)N[C@@H](CC(C)C)CN(C(=O)[C@@H]1CCCN1C(=O)[C@@H](N)Cc1cnc[nH]1)[C@@H](Cc1ccccc1)C(=O)O. The summed E-state index contributed by atoms with van der Waals surface area (Å²) >= 11 is 0. The van der Waals surface area contributed by atoms with Gasteiger partial charge in [0.15, 0.2) is 0 Å². The van der Waals surface area contributed by atoms with Gasteiger partial charge in [-0.1, -0.05) is 76.1 Å². The van der Waals surface area contributed by atoms with E-state index >= 15 is 0 Å². The van der Waals surface area contributed by atoms with Gasteiger partial charge < -0.3 is 47.1 Å². The van der Waals surface area contributed by atoms with Crippen LogP contribution in [0.2, 0.25) is 0 Å². The van der Waals surface area contributed by atoms with Crippen molar-refractivity contribution in [3.8, 4) is 5.75 Å². The summed E-state index contributed by atoms with van der Waals surface area (Å²) in [5.41, 5.74) is 14.6. The van der Waals surface area contributed by atoms with Crippen LogP contribution in [0.1, 0.15) is 76.1 Å². The van der Waals surface area contributed by atoms with Gasteiger partial charge in [0.25, 0.3) is 0 Å². The molecule has 1 fully saturated rings. The van der Waals surface area contributed by atoms with Gasteiger partial charge in [-0.05, 0) is 54.9 Å². The first-order valence-electron chi connectivity index (χ1n) is 19.5. The van der Waals surface area contributed by atoms with Crippen molar-refractivity contribution in [3.63, 3.8) is 0 Å². The normalized spacial score (nSPS) is 16.8. The maximum Gasteiger partial charge on any atom is 0.326 e. The summed E-state index contributed by atoms with van der Waals surface area (Å²) in [6, 6.07) is 9.35. The van der Waals surface area contributed by atoms with Gasteiger partial charge in [-0.3, -0.25) is 19.2 Å². The first kappa shape index (κ1) is 43.4. The molecule has 304 valence electrons. The van der Waals surface area contributed by atoms with Crippen molar-refractivity contribution in [2.75, 3.05) is 13.1 Å². The number of benzene rings is 2. The van der Waals surface area contributed by atoms with Crippen molar-refractivity contribution in [1.29, 1.82) is 0 Å². The highest BCUT2D eigenvalue weighted by Gasteiger charge is 2.42. The van der Waals surface area contributed by atoms with E-state index in [1.165, 1.54) is 28.3 Å². The number of aromatic hydroxyl groups is 1. The number of aliphatic carboxylic acids is 1. The fourth-order valence-corrected chi connectivity index (χ4v) is 7.15. The topological polar surface area (TPSA) is 237 Å². The maximum absolute atomic E-state index is 14.8. The monoisotopic (exact) mass is 774 g/mol. The van der Waals surface area contributed by atoms with Gasteiger partial charge in [-0.15, -0.1) is 0 Å². The summed E-state index contributed by atoms with van der Waals surface area (Å²) in [6.07, 6.45) is 6.54. The van der Waals surface area contributed by atoms with E-state index in [2.05, 4.69) is 20.6 Å². The first-order chi connectivity index (χ1) is 26.8. The van der Waals surface area contributed by atoms with Crippen molar-refractivity contribution >= 4 is 29.6 Å². The molecule has 0 aliphatic carbocycles. The number of phenols is 1. The Morgan fingerprint density at radius 3 is 2.27 bits per heavy atom. The second-order valence-electron chi connectivity index (χ2n) is 15.1. The van der Waals surface area contributed by atoms with Crippen molar-refractivity contribution in [1.82, 2.24) is 30.4 Å². The van der Waals surface area contributed by atoms with Gasteiger partial charge in [-0.25, -0.2) is 9.78 Å². The molecule has 0 radical (unpaired) electrons. The number of carboxylic acids is 1. The number of hydrogen-bond donors (Lipinski definition) is 7. The lowest BCUT2D eigenvalue weighted by atomic mass is 9.98. The molecule has 0 unspecified atom stereocenters. The fraction of sp³-hybridized carbons (Fsp3) is 0.512. The van der Waals surface area contributed by atoms with E-state index in [9.17, 15) is 34.2 Å². The molecule has 2 aromatic carbocycles. The average Bonchev–Trinajstić information content (AvgIpc) is 3.88. The minimum atomic E-state index is -1.34. The number of carboxylic acid groups (broad SMARTS) is 1. The van der Waals surface area contributed by atoms with E-state index in [0.29, 0.717) is 42.5 Å². The molecule has 0 bridgehead atoms. The zero-order valence-electron chi connectivity index (χ0n) is 32.6. The molecule has 0 spiro atoms. The summed E-state index contributed by atoms with van der Waals surface area (Å²) < 4.78 is 0. The number of aromatic amines is 1. The Hall–Kier alpha value is -5.28. The molecule has 15 nitrogen and oxygen atoms in total. The van der Waals surface area contributed by atoms with Crippen LogP contribution in [0.15, 0.2) is 67.1 Å². The van der Waals surface area contributed by atoms with Crippen molar-refractivity contribution in [2.45, 2.75) is 115 Å². The van der Waals surface area contributed by atoms with Crippen LogP contribution in [-0.4, -0.2) is 109 Å². The number of amides is 4. The Labute approximate surface area is 328 Å². The molecule has 1 aliphatic heterocycles. The van der Waals surface area contributed by atoms with Gasteiger partial charge in [0.2, 0.25) is 23.6 Å². The molecule has 4 amide bonds. The molecular weight excluding hydrogens is 716 g/mol. The predicted molar refractivity (Wildman–Crippen MR) is 211 cm³/mol. The molecule has 6 atom stereocenters. The highest BCUT2D eigenvalue weighted by atomic mass is 16.4. The number of aromatic nitrogens is 2. The maximum atomic E-state index is 14.8. The number of nitrogens with one attached hydrogen (secondary N) is 3. The van der Waals surface area contributed by atoms with Gasteiger partial charge in [-0.2, -0.15) is 0 Å². The molecule has 9 N–H and O–H groups in total. The largest absolute Gasteiger partial charge is 0.508 e. The lowest BCUT2D eigenvalue weighted by Gasteiger charge is -2.37. The number of rotatable bonds is 21. The minimum Gasteiger partial charge on any atom is -0.508 e. The van der Waals surface area contributed by atoms with E-state index in [0.717, 1.165) is 12.8 Å². The lowest BCUT2D eigenvalue weighted by Crippen LogP contribution is -2.60. The number of imidazole rings is 1. The number of H-pyrrole nitrogens is 1. The Kier molecular flexibility index (Phi) is 16.4. The highest BCUT2D eigenvalue weighted by molar-refractivity contribution is 5.93. The van der Waals surface area contributed by atoms with Crippen LogP contribution >= 0.6 is 0 Å². The quantitative estimate of drug-likeness (QED) is 0.0834. The van der Waals surface area contributed by atoms with Gasteiger partial charge >= 0.3 is 5.97 Å². The zero-order chi connectivity index (χ0) is 40.8. The van der Waals surface area contributed by atoms with E-state index in [1.54, 1.807) is 42.6 Å². The molecule has 1 aromatic heterocycles. The van der Waals surface area contributed by atoms with Crippen molar-refractivity contribution in [3.05, 3.63) is 83.9 Å². The summed E-state index contributed by atoms with van der Waals surface area (Å²) in [4.78, 5) is 78.7. The van der Waals surface area contributed by atoms with Crippen LogP contribution in [0.3, 0.4) is 0 Å². The van der Waals surface area contributed by atoms with E-state index < -0.39 is 65.8 Å². The first-order valence-corrected chi connectivity index (χ1v) is 19.5. The lowest BCUT2D eigenvalue weighted by molar-refractivity contribution is -0.154. The van der Waals surface area contributed by atoms with Crippen LogP contribution in [0.5, 0.6) is 5.75 Å². The zero-order valence-corrected chi connectivity index (χ0v) is 32.6. The summed E-state index contributed by atoms with van der Waals surface area (Å²) in [5, 5.41) is 26.4. The second kappa shape index (κ2) is 21.1. The molecule has 0 saturated carbocycles. The molecular formula is C41H58N8O7. The molecule has 1 aliphatic rings. The third kappa shape index (κ3) is 12.6. The summed E-state index contributed by atoms with van der Waals surface area (Å²) in [6.45, 7) is 5.99. The van der Waals surface area contributed by atoms with E-state index in [4.69, 9.17) is 11.5 Å². The smallest absolute Gasteiger partial charge is 0.326 e. The summed E-state index contributed by atoms with van der Waals surface area (Å²) in [7, 11) is 0. The number of nitrogens with zero attached hydrogens (tertiary/aromatic N) is 3. The highest BCUT2D eigenvalue weighted by Crippen LogP contribution is 2.24. The van der Waals surface area contributed by atoms with Crippen molar-refractivity contribution < 1.29 is 34.2 Å². The van der Waals surface area contributed by atoms with Crippen molar-refractivity contribution in [2.24, 2.45) is 17.4 Å². The number of carbonyl (C=O) groups is 5. The molecule has 4 rings (SSSR count). The number of unbranched alkanes of at least 4 members (excludes halogenated alkanes) is 1. The third-order valence-corrected chi connectivity index (χ3v) is 10.1.